The van der Waals surface area contributed by atoms with Crippen LogP contribution < -0.4 is 5.32 Å². The van der Waals surface area contributed by atoms with Crippen LogP contribution in [0.1, 0.15) is 56.6 Å². The molecular weight excluding hydrogens is 304 g/mol. The molecule has 3 rings (SSSR count). The fourth-order valence-electron chi connectivity index (χ4n) is 2.74. The second kappa shape index (κ2) is 6.19. The fourth-order valence-corrected chi connectivity index (χ4v) is 4.47. The van der Waals surface area contributed by atoms with Gasteiger partial charge in [0.1, 0.15) is 4.88 Å². The number of hydrogen-bond donors (Lipinski definition) is 1. The first-order valence-corrected chi connectivity index (χ1v) is 8.83. The lowest BCUT2D eigenvalue weighted by molar-refractivity contribution is 0.0953. The molecule has 1 amide bonds. The summed E-state index contributed by atoms with van der Waals surface area (Å²) in [5, 5.41) is 8.15. The number of amides is 1. The van der Waals surface area contributed by atoms with Crippen molar-refractivity contribution in [3.63, 3.8) is 0 Å². The largest absolute Gasteiger partial charge is 0.351 e. The van der Waals surface area contributed by atoms with Crippen molar-refractivity contribution in [1.82, 2.24) is 19.9 Å². The second-order valence-electron chi connectivity index (χ2n) is 5.24. The smallest absolute Gasteiger partial charge is 0.264 e. The van der Waals surface area contributed by atoms with E-state index in [0.29, 0.717) is 17.3 Å². The topological polar surface area (TPSA) is 67.8 Å². The Bertz CT molecular complexity index is 649. The molecule has 2 aromatic heterocycles. The van der Waals surface area contributed by atoms with Crippen LogP contribution in [0.3, 0.4) is 0 Å². The molecule has 2 heterocycles. The molecule has 0 radical (unpaired) electrons. The van der Waals surface area contributed by atoms with Gasteiger partial charge in [-0.3, -0.25) is 4.79 Å². The van der Waals surface area contributed by atoms with Gasteiger partial charge in [0.25, 0.3) is 5.91 Å². The van der Waals surface area contributed by atoms with Gasteiger partial charge in [-0.1, -0.05) is 11.4 Å². The average molecular weight is 322 g/mol. The molecule has 0 saturated heterocycles. The molecule has 0 spiro atoms. The van der Waals surface area contributed by atoms with Crippen LogP contribution in [0.15, 0.2) is 0 Å². The fraction of sp³-hybridized carbons (Fsp3) is 0.571. The maximum absolute atomic E-state index is 12.2. The van der Waals surface area contributed by atoms with Gasteiger partial charge in [-0.2, -0.15) is 0 Å². The molecule has 1 aliphatic rings. The van der Waals surface area contributed by atoms with Crippen LogP contribution in [0.2, 0.25) is 0 Å². The number of carbonyl (C=O) groups is 1. The molecule has 2 aromatic rings. The molecule has 7 heteroatoms. The molecule has 0 aromatic carbocycles. The van der Waals surface area contributed by atoms with E-state index in [0.717, 1.165) is 30.0 Å². The Balaban J connectivity index is 1.67. The summed E-state index contributed by atoms with van der Waals surface area (Å²) in [6.07, 6.45) is 4.14. The Hall–Kier alpha value is -1.34. The van der Waals surface area contributed by atoms with E-state index in [1.807, 2.05) is 6.92 Å². The Kier molecular flexibility index (Phi) is 4.30. The minimum Gasteiger partial charge on any atom is -0.351 e. The molecule has 5 nitrogen and oxygen atoms in total. The van der Waals surface area contributed by atoms with E-state index in [9.17, 15) is 4.79 Å². The van der Waals surface area contributed by atoms with Gasteiger partial charge in [-0.15, -0.1) is 16.4 Å². The number of fused-ring (bicyclic) bond motifs is 1. The number of carbonyl (C=O) groups excluding carboxylic acids is 1. The maximum atomic E-state index is 12.2. The first-order valence-electron chi connectivity index (χ1n) is 7.24. The van der Waals surface area contributed by atoms with Crippen LogP contribution >= 0.6 is 22.9 Å². The highest BCUT2D eigenvalue weighted by molar-refractivity contribution is 7.11. The Labute approximate surface area is 132 Å². The minimum absolute atomic E-state index is 0.0547. The molecule has 0 saturated carbocycles. The van der Waals surface area contributed by atoms with Crippen LogP contribution in [-0.2, 0) is 12.8 Å². The number of thiazole rings is 1. The van der Waals surface area contributed by atoms with Crippen molar-refractivity contribution in [2.45, 2.75) is 45.4 Å². The van der Waals surface area contributed by atoms with Gasteiger partial charge in [0.2, 0.25) is 0 Å². The van der Waals surface area contributed by atoms with Crippen LogP contribution in [0.25, 0.3) is 0 Å². The summed E-state index contributed by atoms with van der Waals surface area (Å²) in [5.41, 5.74) is 1.98. The second-order valence-corrected chi connectivity index (χ2v) is 7.28. The van der Waals surface area contributed by atoms with Gasteiger partial charge in [0.15, 0.2) is 0 Å². The van der Waals surface area contributed by atoms with E-state index in [1.54, 1.807) is 11.3 Å². The number of hydrogen-bond acceptors (Lipinski definition) is 6. The molecule has 112 valence electrons. The van der Waals surface area contributed by atoms with Gasteiger partial charge < -0.3 is 5.32 Å². The lowest BCUT2D eigenvalue weighted by Gasteiger charge is -2.21. The third-order valence-corrected chi connectivity index (χ3v) is 5.60. The highest BCUT2D eigenvalue weighted by Crippen LogP contribution is 2.34. The zero-order valence-corrected chi connectivity index (χ0v) is 13.8. The number of nitrogens with zero attached hydrogens (tertiary/aromatic N) is 3. The van der Waals surface area contributed by atoms with Crippen LogP contribution in [-0.4, -0.2) is 27.0 Å². The molecule has 0 bridgehead atoms. The maximum Gasteiger partial charge on any atom is 0.264 e. The molecule has 1 aliphatic carbocycles. The summed E-state index contributed by atoms with van der Waals surface area (Å²) in [5.74, 6) is 0.287. The van der Waals surface area contributed by atoms with Crippen LogP contribution in [0.4, 0.5) is 0 Å². The van der Waals surface area contributed by atoms with Crippen molar-refractivity contribution in [3.8, 4) is 0 Å². The van der Waals surface area contributed by atoms with E-state index in [1.165, 1.54) is 28.5 Å². The lowest BCUT2D eigenvalue weighted by atomic mass is 9.91. The standard InChI is InChI=1S/C14H18N4OS2/c1-3-10-13(21-18-17-10)14(19)15-7-9-5-4-6-11-12(9)16-8(2)20-11/h9H,3-7H2,1-2H3,(H,15,19). The molecule has 0 fully saturated rings. The zero-order valence-electron chi connectivity index (χ0n) is 12.2. The predicted molar refractivity (Wildman–Crippen MR) is 84.2 cm³/mol. The molecule has 0 aliphatic heterocycles. The van der Waals surface area contributed by atoms with Gasteiger partial charge in [0, 0.05) is 17.3 Å². The van der Waals surface area contributed by atoms with E-state index in [-0.39, 0.29) is 5.91 Å². The lowest BCUT2D eigenvalue weighted by Crippen LogP contribution is -2.30. The van der Waals surface area contributed by atoms with Crippen molar-refractivity contribution in [2.24, 2.45) is 0 Å². The molecule has 1 N–H and O–H groups in total. The summed E-state index contributed by atoms with van der Waals surface area (Å²) in [4.78, 5) is 18.9. The van der Waals surface area contributed by atoms with Crippen LogP contribution in [0.5, 0.6) is 0 Å². The Morgan fingerprint density at radius 1 is 1.48 bits per heavy atom. The molecule has 21 heavy (non-hydrogen) atoms. The van der Waals surface area contributed by atoms with E-state index >= 15 is 0 Å². The van der Waals surface area contributed by atoms with E-state index in [2.05, 4.69) is 26.8 Å². The van der Waals surface area contributed by atoms with Crippen LogP contribution in [0, 0.1) is 6.92 Å². The summed E-state index contributed by atoms with van der Waals surface area (Å²) >= 11 is 2.96. The number of aromatic nitrogens is 3. The van der Waals surface area contributed by atoms with Crippen molar-refractivity contribution in [1.29, 1.82) is 0 Å². The highest BCUT2D eigenvalue weighted by Gasteiger charge is 2.25. The van der Waals surface area contributed by atoms with Crippen molar-refractivity contribution >= 4 is 28.8 Å². The van der Waals surface area contributed by atoms with Crippen molar-refractivity contribution in [2.75, 3.05) is 6.54 Å². The molecule has 1 unspecified atom stereocenters. The SMILES string of the molecule is CCc1nnsc1C(=O)NCC1CCCc2sc(C)nc21. The molecule has 1 atom stereocenters. The highest BCUT2D eigenvalue weighted by atomic mass is 32.1. The summed E-state index contributed by atoms with van der Waals surface area (Å²) < 4.78 is 3.87. The average Bonchev–Trinajstić information content (AvgIpc) is 3.09. The third-order valence-electron chi connectivity index (χ3n) is 3.78. The molecular formula is C14H18N4OS2. The predicted octanol–water partition coefficient (Wildman–Crippen LogP) is 2.72. The number of nitrogens with one attached hydrogen (secondary N) is 1. The third kappa shape index (κ3) is 2.98. The normalized spacial score (nSPS) is 17.5. The quantitative estimate of drug-likeness (QED) is 0.940. The summed E-state index contributed by atoms with van der Waals surface area (Å²) in [6.45, 7) is 4.68. The van der Waals surface area contributed by atoms with Gasteiger partial charge in [-0.25, -0.2) is 4.98 Å². The Morgan fingerprint density at radius 2 is 2.33 bits per heavy atom. The van der Waals surface area contributed by atoms with E-state index in [4.69, 9.17) is 0 Å². The monoisotopic (exact) mass is 322 g/mol. The first kappa shape index (κ1) is 14.6. The number of aryl methyl sites for hydroxylation is 3. The summed E-state index contributed by atoms with van der Waals surface area (Å²) in [6, 6.07) is 0. The van der Waals surface area contributed by atoms with Gasteiger partial charge in [0.05, 0.1) is 16.4 Å². The van der Waals surface area contributed by atoms with Gasteiger partial charge in [-0.05, 0) is 44.1 Å². The first-order chi connectivity index (χ1) is 10.2. The summed E-state index contributed by atoms with van der Waals surface area (Å²) in [7, 11) is 0. The Morgan fingerprint density at radius 3 is 3.14 bits per heavy atom. The minimum atomic E-state index is -0.0547. The zero-order chi connectivity index (χ0) is 14.8. The van der Waals surface area contributed by atoms with E-state index < -0.39 is 0 Å². The van der Waals surface area contributed by atoms with Gasteiger partial charge >= 0.3 is 0 Å². The number of rotatable bonds is 4. The van der Waals surface area contributed by atoms with Crippen molar-refractivity contribution < 1.29 is 4.79 Å². The van der Waals surface area contributed by atoms with Crippen molar-refractivity contribution in [3.05, 3.63) is 26.1 Å².